The topological polar surface area (TPSA) is 484 Å². The molecular formula is C52H78N10O19S. The molecule has 0 saturated carbocycles. The second-order valence-electron chi connectivity index (χ2n) is 19.8. The Morgan fingerprint density at radius 2 is 0.805 bits per heavy atom. The van der Waals surface area contributed by atoms with E-state index < -0.39 is 156 Å². The lowest BCUT2D eigenvalue weighted by atomic mass is 9.98. The number of nitrogens with one attached hydrogen (secondary N) is 9. The van der Waals surface area contributed by atoms with E-state index in [4.69, 9.17) is 5.73 Å². The Morgan fingerprint density at radius 3 is 1.18 bits per heavy atom. The predicted octanol–water partition coefficient (Wildman–Crippen LogP) is -4.52. The summed E-state index contributed by atoms with van der Waals surface area (Å²) in [5.74, 6) is -13.5. The molecule has 0 bridgehead atoms. The first-order chi connectivity index (χ1) is 38.3. The number of carbonyl (C=O) groups is 11. The predicted molar refractivity (Wildman–Crippen MR) is 294 cm³/mol. The highest BCUT2D eigenvalue weighted by molar-refractivity contribution is 7.98. The summed E-state index contributed by atoms with van der Waals surface area (Å²) in [5.41, 5.74) is 6.68. The van der Waals surface area contributed by atoms with E-state index in [1.807, 2.05) is 0 Å². The smallest absolute Gasteiger partial charge is 0.326 e. The van der Waals surface area contributed by atoms with Gasteiger partial charge in [-0.05, 0) is 94.4 Å². The molecule has 15 atom stereocenters. The van der Waals surface area contributed by atoms with Crippen LogP contribution in [0.25, 0.3) is 0 Å². The number of aliphatic hydroxyl groups excluding tert-OH is 4. The van der Waals surface area contributed by atoms with Crippen molar-refractivity contribution in [3.8, 4) is 11.5 Å². The average Bonchev–Trinajstić information content (AvgIpc) is 3.43. The molecule has 19 N–H and O–H groups in total. The number of carboxylic acid groups (broad SMARTS) is 2. The molecule has 30 heteroatoms. The number of aromatic hydroxyl groups is 2. The van der Waals surface area contributed by atoms with E-state index in [0.717, 1.165) is 20.8 Å². The van der Waals surface area contributed by atoms with Crippen LogP contribution in [-0.4, -0.2) is 203 Å². The maximum absolute atomic E-state index is 14.1. The maximum Gasteiger partial charge on any atom is 0.326 e. The molecule has 0 heterocycles. The quantitative estimate of drug-likeness (QED) is 0.0314. The second kappa shape index (κ2) is 34.0. The highest BCUT2D eigenvalue weighted by Gasteiger charge is 2.39. The highest BCUT2D eigenvalue weighted by atomic mass is 32.2. The van der Waals surface area contributed by atoms with Crippen LogP contribution in [0.15, 0.2) is 48.5 Å². The van der Waals surface area contributed by atoms with Crippen LogP contribution in [0.4, 0.5) is 0 Å². The van der Waals surface area contributed by atoms with Crippen LogP contribution >= 0.6 is 11.8 Å². The first kappa shape index (κ1) is 70.5. The number of hydrogen-bond acceptors (Lipinski definition) is 19. The molecular weight excluding hydrogens is 1100 g/mol. The molecule has 0 radical (unpaired) electrons. The number of phenolic OH excluding ortho intramolecular Hbond substituents is 2. The molecule has 82 heavy (non-hydrogen) atoms. The van der Waals surface area contributed by atoms with E-state index in [0.29, 0.717) is 17.5 Å². The van der Waals surface area contributed by atoms with Gasteiger partial charge in [0, 0.05) is 12.8 Å². The summed E-state index contributed by atoms with van der Waals surface area (Å²) < 4.78 is 0. The molecule has 0 aliphatic carbocycles. The Hall–Kier alpha value is -7.64. The van der Waals surface area contributed by atoms with Gasteiger partial charge >= 0.3 is 11.9 Å². The van der Waals surface area contributed by atoms with Gasteiger partial charge in [-0.2, -0.15) is 11.8 Å². The summed E-state index contributed by atoms with van der Waals surface area (Å²) in [6.07, 6.45) is -6.38. The van der Waals surface area contributed by atoms with Gasteiger partial charge in [-0.1, -0.05) is 44.5 Å². The van der Waals surface area contributed by atoms with Crippen molar-refractivity contribution in [1.29, 1.82) is 0 Å². The minimum Gasteiger partial charge on any atom is -0.508 e. The van der Waals surface area contributed by atoms with Crippen molar-refractivity contribution in [2.24, 2.45) is 11.7 Å². The van der Waals surface area contributed by atoms with Gasteiger partial charge in [0.05, 0.1) is 36.9 Å². The van der Waals surface area contributed by atoms with Crippen molar-refractivity contribution in [3.63, 3.8) is 0 Å². The number of benzene rings is 2. The van der Waals surface area contributed by atoms with E-state index in [-0.39, 0.29) is 42.4 Å². The van der Waals surface area contributed by atoms with Gasteiger partial charge in [-0.3, -0.25) is 47.9 Å². The van der Waals surface area contributed by atoms with Crippen molar-refractivity contribution in [2.75, 3.05) is 12.0 Å². The molecule has 0 aromatic heterocycles. The van der Waals surface area contributed by atoms with Crippen molar-refractivity contribution in [2.45, 2.75) is 165 Å². The lowest BCUT2D eigenvalue weighted by molar-refractivity contribution is -0.143. The minimum absolute atomic E-state index is 0.107. The van der Waals surface area contributed by atoms with Gasteiger partial charge in [-0.15, -0.1) is 0 Å². The molecule has 0 spiro atoms. The third-order valence-electron chi connectivity index (χ3n) is 12.8. The first-order valence-electron chi connectivity index (χ1n) is 26.0. The van der Waals surface area contributed by atoms with Crippen LogP contribution in [0.5, 0.6) is 11.5 Å². The third kappa shape index (κ3) is 23.1. The molecule has 456 valence electrons. The zero-order chi connectivity index (χ0) is 62.3. The Labute approximate surface area is 477 Å². The number of carboxylic acids is 2. The number of nitrogens with two attached hydrogens (primary N) is 1. The number of rotatable bonds is 34. The van der Waals surface area contributed by atoms with Crippen LogP contribution in [0, 0.1) is 5.92 Å². The summed E-state index contributed by atoms with van der Waals surface area (Å²) in [6.45, 7) is 9.04. The summed E-state index contributed by atoms with van der Waals surface area (Å²) in [5, 5.41) is 102. The first-order valence-corrected chi connectivity index (χ1v) is 27.4. The molecule has 29 nitrogen and oxygen atoms in total. The lowest BCUT2D eigenvalue weighted by Crippen LogP contribution is -2.65. The van der Waals surface area contributed by atoms with E-state index in [1.54, 1.807) is 20.1 Å². The SMILES string of the molecule is CC[C@H](C)[C@H](N)C(=O)N[C@H](C(=O)N[C@H](C(=O)N[C@H](C(=O)N[C@H](C(=O)N[C@@H](Cc1ccc(O)cc1)C(=O)N[C@@H](C)C(=O)N[C@@H](CCSC)C(=O)N[C@@H](CC(=O)O)C(=O)N[C@@H](Cc1ccc(O)cc1)C(=O)O)[C@@H](C)O)[C@@H](C)O)[C@@H](C)O)[C@@H](C)O. The molecule has 2 aromatic rings. The maximum atomic E-state index is 14.1. The summed E-state index contributed by atoms with van der Waals surface area (Å²) in [7, 11) is 0. The monoisotopic (exact) mass is 1180 g/mol. The van der Waals surface area contributed by atoms with E-state index in [2.05, 4.69) is 47.9 Å². The van der Waals surface area contributed by atoms with Gasteiger partial charge in [0.15, 0.2) is 0 Å². The molecule has 0 aliphatic heterocycles. The zero-order valence-corrected chi connectivity index (χ0v) is 47.4. The fourth-order valence-electron chi connectivity index (χ4n) is 7.63. The largest absolute Gasteiger partial charge is 0.508 e. The molecule has 0 fully saturated rings. The Kier molecular flexibility index (Phi) is 29.2. The highest BCUT2D eigenvalue weighted by Crippen LogP contribution is 2.15. The number of carbonyl (C=O) groups excluding carboxylic acids is 9. The van der Waals surface area contributed by atoms with Crippen molar-refractivity contribution in [3.05, 3.63) is 59.7 Å². The molecule has 2 rings (SSSR count). The third-order valence-corrected chi connectivity index (χ3v) is 13.5. The van der Waals surface area contributed by atoms with Crippen LogP contribution < -0.4 is 53.6 Å². The Bertz CT molecular complexity index is 2520. The van der Waals surface area contributed by atoms with E-state index in [9.17, 15) is 93.6 Å². The van der Waals surface area contributed by atoms with Crippen LogP contribution in [-0.2, 0) is 65.6 Å². The van der Waals surface area contributed by atoms with E-state index in [1.165, 1.54) is 74.1 Å². The number of aliphatic hydroxyl groups is 4. The number of aliphatic carboxylic acids is 2. The zero-order valence-electron chi connectivity index (χ0n) is 46.6. The van der Waals surface area contributed by atoms with Crippen LogP contribution in [0.3, 0.4) is 0 Å². The van der Waals surface area contributed by atoms with Gasteiger partial charge in [-0.25, -0.2) is 4.79 Å². The number of hydrogen-bond donors (Lipinski definition) is 18. The van der Waals surface area contributed by atoms with Crippen molar-refractivity contribution in [1.82, 2.24) is 47.9 Å². The number of phenols is 2. The molecule has 0 unspecified atom stereocenters. The van der Waals surface area contributed by atoms with E-state index >= 15 is 0 Å². The minimum atomic E-state index is -1.97. The molecule has 0 saturated heterocycles. The normalized spacial score (nSPS) is 16.7. The molecule has 2 aromatic carbocycles. The lowest BCUT2D eigenvalue weighted by Gasteiger charge is -2.30. The average molecular weight is 1180 g/mol. The Morgan fingerprint density at radius 1 is 0.463 bits per heavy atom. The van der Waals surface area contributed by atoms with Crippen LogP contribution in [0.2, 0.25) is 0 Å². The Balaban J connectivity index is 2.35. The summed E-state index contributed by atoms with van der Waals surface area (Å²) >= 11 is 1.25. The van der Waals surface area contributed by atoms with Crippen LogP contribution in [0.1, 0.15) is 78.9 Å². The van der Waals surface area contributed by atoms with Crippen molar-refractivity contribution >= 4 is 76.9 Å². The second-order valence-corrected chi connectivity index (χ2v) is 20.7. The number of thioether (sulfide) groups is 1. The fraction of sp³-hybridized carbons (Fsp3) is 0.558. The van der Waals surface area contributed by atoms with Crippen molar-refractivity contribution < 1.29 is 93.6 Å². The van der Waals surface area contributed by atoms with Gasteiger partial charge in [0.25, 0.3) is 0 Å². The standard InChI is InChI=1S/C52H78N10O19S/c1-9-23(2)38(53)47(75)59-40(26(5)64)49(77)61-42(28(7)66)51(79)62-41(27(6)65)50(78)60-39(25(4)63)48(76)57-34(20-29-10-14-31(67)15-11-29)45(73)54-24(3)43(71)55-33(18-19-82-8)44(72)56-35(22-37(69)70)46(74)58-36(52(80)81)21-30-12-16-32(68)17-13-30/h10-17,23-28,33-36,38-42,63-68H,9,18-22,53H2,1-8H3,(H,54,73)(H,55,71)(H,56,72)(H,57,76)(H,58,74)(H,59,75)(H,60,78)(H,61,77)(H,62,79)(H,69,70)(H,80,81)/t23-,24-,25+,26+,27+,28+,33-,34-,35-,36-,38-,39-,40-,41-,42-/m0/s1. The van der Waals surface area contributed by atoms with Gasteiger partial charge < -0.3 is 94.4 Å². The summed E-state index contributed by atoms with van der Waals surface area (Å²) in [6, 6.07) is -5.99. The summed E-state index contributed by atoms with van der Waals surface area (Å²) in [4.78, 5) is 146. The van der Waals surface area contributed by atoms with Gasteiger partial charge in [0.2, 0.25) is 53.2 Å². The molecule has 0 aliphatic rings. The fourth-order valence-corrected chi connectivity index (χ4v) is 8.10. The van der Waals surface area contributed by atoms with Gasteiger partial charge in [0.1, 0.15) is 65.9 Å². The molecule has 9 amide bonds. The number of amides is 9.